The van der Waals surface area contributed by atoms with Gasteiger partial charge in [-0.05, 0) is 48.4 Å². The lowest BCUT2D eigenvalue weighted by Gasteiger charge is -2.17. The summed E-state index contributed by atoms with van der Waals surface area (Å²) in [4.78, 5) is 12.5. The van der Waals surface area contributed by atoms with Crippen LogP contribution in [0.2, 0.25) is 0 Å². The van der Waals surface area contributed by atoms with Gasteiger partial charge in [-0.15, -0.1) is 0 Å². The zero-order valence-electron chi connectivity index (χ0n) is 15.0. The summed E-state index contributed by atoms with van der Waals surface area (Å²) in [6, 6.07) is 30.6. The van der Waals surface area contributed by atoms with Gasteiger partial charge < -0.3 is 5.32 Å². The maximum absolute atomic E-state index is 12.5. The quantitative estimate of drug-likeness (QED) is 0.548. The van der Waals surface area contributed by atoms with Crippen molar-refractivity contribution in [3.63, 3.8) is 0 Å². The molecule has 3 aromatic carbocycles. The minimum atomic E-state index is 0.0739. The number of benzene rings is 3. The number of carbonyl (C=O) groups is 1. The standard InChI is InChI=1S/C24H25NO/c26-24(25-23-17-8-3-9-18-23)19-22(21-14-6-2-7-15-21)16-10-13-20-11-4-1-5-12-20/h1-9,11-12,14-15,17-18,22H,10,13,16,19H2,(H,25,26). The van der Waals surface area contributed by atoms with Crippen molar-refractivity contribution in [3.8, 4) is 0 Å². The first-order valence-corrected chi connectivity index (χ1v) is 9.25. The van der Waals surface area contributed by atoms with Gasteiger partial charge in [0.25, 0.3) is 0 Å². The Hall–Kier alpha value is -2.87. The van der Waals surface area contributed by atoms with Gasteiger partial charge in [-0.25, -0.2) is 0 Å². The molecule has 0 aromatic heterocycles. The SMILES string of the molecule is O=C(CC(CCCc1ccccc1)c1ccccc1)Nc1ccccc1. The van der Waals surface area contributed by atoms with E-state index in [4.69, 9.17) is 0 Å². The van der Waals surface area contributed by atoms with E-state index in [-0.39, 0.29) is 11.8 Å². The van der Waals surface area contributed by atoms with Crippen LogP contribution in [-0.2, 0) is 11.2 Å². The predicted octanol–water partition coefficient (Wildman–Crippen LogP) is 5.82. The molecule has 0 fully saturated rings. The second kappa shape index (κ2) is 9.57. The molecule has 0 spiro atoms. The zero-order valence-corrected chi connectivity index (χ0v) is 15.0. The van der Waals surface area contributed by atoms with Crippen LogP contribution < -0.4 is 5.32 Å². The number of amides is 1. The molecular weight excluding hydrogens is 318 g/mol. The Bertz CT molecular complexity index is 784. The van der Waals surface area contributed by atoms with E-state index in [0.29, 0.717) is 6.42 Å². The van der Waals surface area contributed by atoms with Crippen LogP contribution in [0.1, 0.15) is 36.3 Å². The van der Waals surface area contributed by atoms with Crippen molar-refractivity contribution in [1.82, 2.24) is 0 Å². The third-order valence-electron chi connectivity index (χ3n) is 4.62. The third-order valence-corrected chi connectivity index (χ3v) is 4.62. The van der Waals surface area contributed by atoms with Crippen molar-refractivity contribution in [2.75, 3.05) is 5.32 Å². The van der Waals surface area contributed by atoms with E-state index in [0.717, 1.165) is 24.9 Å². The predicted molar refractivity (Wildman–Crippen MR) is 108 cm³/mol. The van der Waals surface area contributed by atoms with E-state index in [1.54, 1.807) is 0 Å². The normalized spacial score (nSPS) is 11.7. The van der Waals surface area contributed by atoms with Crippen LogP contribution in [0.3, 0.4) is 0 Å². The molecule has 1 unspecified atom stereocenters. The summed E-state index contributed by atoms with van der Waals surface area (Å²) >= 11 is 0. The van der Waals surface area contributed by atoms with E-state index in [9.17, 15) is 4.79 Å². The van der Waals surface area contributed by atoms with Crippen molar-refractivity contribution in [2.24, 2.45) is 0 Å². The Morgan fingerprint density at radius 1 is 0.769 bits per heavy atom. The molecule has 1 atom stereocenters. The van der Waals surface area contributed by atoms with Crippen molar-refractivity contribution >= 4 is 11.6 Å². The molecule has 2 nitrogen and oxygen atoms in total. The molecule has 26 heavy (non-hydrogen) atoms. The molecule has 0 heterocycles. The van der Waals surface area contributed by atoms with Gasteiger partial charge in [0.05, 0.1) is 0 Å². The van der Waals surface area contributed by atoms with E-state index >= 15 is 0 Å². The number of hydrogen-bond donors (Lipinski definition) is 1. The van der Waals surface area contributed by atoms with E-state index < -0.39 is 0 Å². The minimum absolute atomic E-state index is 0.0739. The summed E-state index contributed by atoms with van der Waals surface area (Å²) in [5.41, 5.74) is 3.45. The Balaban J connectivity index is 1.61. The average molecular weight is 343 g/mol. The summed E-state index contributed by atoms with van der Waals surface area (Å²) in [7, 11) is 0. The van der Waals surface area contributed by atoms with E-state index in [2.05, 4.69) is 53.8 Å². The third kappa shape index (κ3) is 5.59. The van der Waals surface area contributed by atoms with E-state index in [1.165, 1.54) is 11.1 Å². The van der Waals surface area contributed by atoms with Crippen LogP contribution >= 0.6 is 0 Å². The molecule has 0 saturated heterocycles. The van der Waals surface area contributed by atoms with Crippen molar-refractivity contribution in [3.05, 3.63) is 102 Å². The van der Waals surface area contributed by atoms with Gasteiger partial charge in [-0.1, -0.05) is 78.9 Å². The molecule has 1 amide bonds. The Morgan fingerprint density at radius 3 is 2.00 bits per heavy atom. The Labute approximate surface area is 155 Å². The molecule has 0 aliphatic heterocycles. The number of carbonyl (C=O) groups excluding carboxylic acids is 1. The number of anilines is 1. The highest BCUT2D eigenvalue weighted by molar-refractivity contribution is 5.91. The second-order valence-corrected chi connectivity index (χ2v) is 6.60. The van der Waals surface area contributed by atoms with Gasteiger partial charge in [-0.2, -0.15) is 0 Å². The molecule has 0 bridgehead atoms. The summed E-state index contributed by atoms with van der Waals surface area (Å²) in [5.74, 6) is 0.313. The lowest BCUT2D eigenvalue weighted by atomic mass is 9.89. The lowest BCUT2D eigenvalue weighted by molar-refractivity contribution is -0.116. The van der Waals surface area contributed by atoms with E-state index in [1.807, 2.05) is 42.5 Å². The molecule has 0 radical (unpaired) electrons. The highest BCUT2D eigenvalue weighted by Gasteiger charge is 2.16. The second-order valence-electron chi connectivity index (χ2n) is 6.60. The average Bonchev–Trinajstić information content (AvgIpc) is 2.69. The van der Waals surface area contributed by atoms with Crippen LogP contribution in [0, 0.1) is 0 Å². The van der Waals surface area contributed by atoms with Crippen molar-refractivity contribution in [2.45, 2.75) is 31.6 Å². The number of rotatable bonds is 8. The number of para-hydroxylation sites is 1. The van der Waals surface area contributed by atoms with Crippen molar-refractivity contribution < 1.29 is 4.79 Å². The van der Waals surface area contributed by atoms with Crippen LogP contribution in [0.5, 0.6) is 0 Å². The first-order chi connectivity index (χ1) is 12.8. The molecule has 0 aliphatic rings. The highest BCUT2D eigenvalue weighted by atomic mass is 16.1. The molecule has 0 saturated carbocycles. The highest BCUT2D eigenvalue weighted by Crippen LogP contribution is 2.26. The smallest absolute Gasteiger partial charge is 0.224 e. The number of hydrogen-bond acceptors (Lipinski definition) is 1. The first-order valence-electron chi connectivity index (χ1n) is 9.25. The Kier molecular flexibility index (Phi) is 6.60. The summed E-state index contributed by atoms with van der Waals surface area (Å²) < 4.78 is 0. The van der Waals surface area contributed by atoms with Crippen LogP contribution in [0.25, 0.3) is 0 Å². The maximum Gasteiger partial charge on any atom is 0.224 e. The van der Waals surface area contributed by atoms with Gasteiger partial charge in [0, 0.05) is 12.1 Å². The van der Waals surface area contributed by atoms with Gasteiger partial charge in [0.15, 0.2) is 0 Å². The molecule has 1 N–H and O–H groups in total. The molecule has 3 aromatic rings. The monoisotopic (exact) mass is 343 g/mol. The summed E-state index contributed by atoms with van der Waals surface area (Å²) in [6.45, 7) is 0. The molecule has 2 heteroatoms. The number of nitrogens with one attached hydrogen (secondary N) is 1. The van der Waals surface area contributed by atoms with Crippen molar-refractivity contribution in [1.29, 1.82) is 0 Å². The number of aryl methyl sites for hydroxylation is 1. The fourth-order valence-electron chi connectivity index (χ4n) is 3.27. The van der Waals surface area contributed by atoms with Crippen LogP contribution in [0.4, 0.5) is 5.69 Å². The lowest BCUT2D eigenvalue weighted by Crippen LogP contribution is -2.16. The van der Waals surface area contributed by atoms with Crippen LogP contribution in [-0.4, -0.2) is 5.91 Å². The molecular formula is C24H25NO. The Morgan fingerprint density at radius 2 is 1.35 bits per heavy atom. The minimum Gasteiger partial charge on any atom is -0.326 e. The maximum atomic E-state index is 12.5. The largest absolute Gasteiger partial charge is 0.326 e. The van der Waals surface area contributed by atoms with Crippen LogP contribution in [0.15, 0.2) is 91.0 Å². The van der Waals surface area contributed by atoms with Gasteiger partial charge in [-0.3, -0.25) is 4.79 Å². The first kappa shape index (κ1) is 17.9. The fourth-order valence-corrected chi connectivity index (χ4v) is 3.27. The zero-order chi connectivity index (χ0) is 18.0. The molecule has 132 valence electrons. The summed E-state index contributed by atoms with van der Waals surface area (Å²) in [6.07, 6.45) is 3.63. The fraction of sp³-hybridized carbons (Fsp3) is 0.208. The van der Waals surface area contributed by atoms with Gasteiger partial charge in [0.1, 0.15) is 0 Å². The van der Waals surface area contributed by atoms with Gasteiger partial charge >= 0.3 is 0 Å². The molecule has 0 aliphatic carbocycles. The topological polar surface area (TPSA) is 29.1 Å². The van der Waals surface area contributed by atoms with Gasteiger partial charge in [0.2, 0.25) is 5.91 Å². The molecule has 3 rings (SSSR count). The summed E-state index contributed by atoms with van der Waals surface area (Å²) in [5, 5.41) is 3.01.